The number of hydrogen-bond donors (Lipinski definition) is 2. The van der Waals surface area contributed by atoms with Gasteiger partial charge in [-0.1, -0.05) is 28.1 Å². The molecule has 0 heterocycles. The van der Waals surface area contributed by atoms with Crippen LogP contribution >= 0.6 is 15.9 Å². The molecule has 0 fully saturated rings. The lowest BCUT2D eigenvalue weighted by Gasteiger charge is -2.20. The Morgan fingerprint density at radius 2 is 1.90 bits per heavy atom. The molecular formula is C20H16BrF4N3O2. The Hall–Kier alpha value is -2.90. The standard InChI is InChI=1S/C20H16BrF4N3O2/c1-30-19(29)17(18(27)12-4-2-11(10-26)3-5-12)16(9-21)28-15-7-13(20(23,24)25)6-14(22)8-15/h2-8,18,28H,9,27H2,1H3/b17-16+. The zero-order chi connectivity index (χ0) is 22.5. The number of alkyl halides is 4. The average Bonchev–Trinajstić information content (AvgIpc) is 2.71. The third-order valence-electron chi connectivity index (χ3n) is 4.09. The van der Waals surface area contributed by atoms with Gasteiger partial charge in [0.05, 0.1) is 35.9 Å². The van der Waals surface area contributed by atoms with Crippen LogP contribution < -0.4 is 11.1 Å². The second-order valence-electron chi connectivity index (χ2n) is 6.08. The summed E-state index contributed by atoms with van der Waals surface area (Å²) in [5, 5.41) is 11.5. The number of benzene rings is 2. The molecule has 0 amide bonds. The number of methoxy groups -OCH3 is 1. The van der Waals surface area contributed by atoms with Gasteiger partial charge in [-0.2, -0.15) is 18.4 Å². The van der Waals surface area contributed by atoms with Crippen molar-refractivity contribution in [2.75, 3.05) is 17.8 Å². The van der Waals surface area contributed by atoms with Crippen molar-refractivity contribution in [1.29, 1.82) is 5.26 Å². The summed E-state index contributed by atoms with van der Waals surface area (Å²) in [6.45, 7) is 0. The Labute approximate surface area is 178 Å². The molecule has 0 aromatic heterocycles. The van der Waals surface area contributed by atoms with Gasteiger partial charge < -0.3 is 15.8 Å². The first-order valence-corrected chi connectivity index (χ1v) is 9.50. The predicted octanol–water partition coefficient (Wildman–Crippen LogP) is 4.65. The number of halogens is 5. The SMILES string of the molecule is COC(=O)/C(=C(\CBr)Nc1cc(F)cc(C(F)(F)F)c1)C(N)c1ccc(C#N)cc1. The highest BCUT2D eigenvalue weighted by Gasteiger charge is 2.32. The lowest BCUT2D eigenvalue weighted by molar-refractivity contribution is -0.138. The van der Waals surface area contributed by atoms with Gasteiger partial charge in [0.1, 0.15) is 5.82 Å². The molecule has 0 aliphatic rings. The van der Waals surface area contributed by atoms with Gasteiger partial charge in [-0.15, -0.1) is 0 Å². The van der Waals surface area contributed by atoms with Crippen LogP contribution in [-0.4, -0.2) is 18.4 Å². The smallest absolute Gasteiger partial charge is 0.416 e. The van der Waals surface area contributed by atoms with Crippen molar-refractivity contribution in [3.05, 3.63) is 76.2 Å². The summed E-state index contributed by atoms with van der Waals surface area (Å²) in [7, 11) is 1.13. The molecule has 0 saturated carbocycles. The highest BCUT2D eigenvalue weighted by atomic mass is 79.9. The van der Waals surface area contributed by atoms with Crippen molar-refractivity contribution >= 4 is 27.6 Å². The highest BCUT2D eigenvalue weighted by molar-refractivity contribution is 9.09. The second-order valence-corrected chi connectivity index (χ2v) is 6.64. The molecule has 158 valence electrons. The summed E-state index contributed by atoms with van der Waals surface area (Å²) < 4.78 is 57.5. The van der Waals surface area contributed by atoms with Crippen molar-refractivity contribution in [2.24, 2.45) is 5.73 Å². The number of allylic oxidation sites excluding steroid dienone is 1. The number of esters is 1. The summed E-state index contributed by atoms with van der Waals surface area (Å²) in [6, 6.07) is 8.97. The predicted molar refractivity (Wildman–Crippen MR) is 106 cm³/mol. The number of nitrogens with one attached hydrogen (secondary N) is 1. The van der Waals surface area contributed by atoms with Crippen LogP contribution in [0.5, 0.6) is 0 Å². The summed E-state index contributed by atoms with van der Waals surface area (Å²) in [4.78, 5) is 12.4. The molecule has 30 heavy (non-hydrogen) atoms. The molecular weight excluding hydrogens is 470 g/mol. The number of anilines is 1. The van der Waals surface area contributed by atoms with Crippen molar-refractivity contribution in [3.63, 3.8) is 0 Å². The average molecular weight is 486 g/mol. The van der Waals surface area contributed by atoms with Crippen molar-refractivity contribution < 1.29 is 27.1 Å². The van der Waals surface area contributed by atoms with E-state index in [0.29, 0.717) is 23.3 Å². The van der Waals surface area contributed by atoms with Gasteiger partial charge in [-0.25, -0.2) is 9.18 Å². The normalized spacial score (nSPS) is 13.1. The molecule has 1 atom stereocenters. The number of hydrogen-bond acceptors (Lipinski definition) is 5. The first-order valence-electron chi connectivity index (χ1n) is 8.38. The number of nitrogens with two attached hydrogens (primary N) is 1. The Kier molecular flexibility index (Phi) is 7.59. The van der Waals surface area contributed by atoms with Crippen LogP contribution in [0.4, 0.5) is 23.2 Å². The van der Waals surface area contributed by atoms with Crippen molar-refractivity contribution in [3.8, 4) is 6.07 Å². The molecule has 5 nitrogen and oxygen atoms in total. The Bertz CT molecular complexity index is 999. The lowest BCUT2D eigenvalue weighted by Crippen LogP contribution is -2.25. The zero-order valence-electron chi connectivity index (χ0n) is 15.6. The summed E-state index contributed by atoms with van der Waals surface area (Å²) in [5.74, 6) is -1.92. The number of carbonyl (C=O) groups excluding carboxylic acids is 1. The second kappa shape index (κ2) is 9.73. The van der Waals surface area contributed by atoms with E-state index in [-0.39, 0.29) is 22.3 Å². The summed E-state index contributed by atoms with van der Waals surface area (Å²) >= 11 is 3.17. The summed E-state index contributed by atoms with van der Waals surface area (Å²) in [6.07, 6.45) is -4.75. The quantitative estimate of drug-likeness (QED) is 0.269. The first kappa shape index (κ1) is 23.4. The van der Waals surface area contributed by atoms with E-state index < -0.39 is 29.6 Å². The van der Waals surface area contributed by atoms with Crippen LogP contribution in [0.1, 0.15) is 22.7 Å². The molecule has 2 aromatic rings. The fourth-order valence-electron chi connectivity index (χ4n) is 2.65. The topological polar surface area (TPSA) is 88.1 Å². The summed E-state index contributed by atoms with van der Waals surface area (Å²) in [5.41, 5.74) is 5.67. The molecule has 0 spiro atoms. The van der Waals surface area contributed by atoms with E-state index >= 15 is 0 Å². The third kappa shape index (κ3) is 5.58. The number of nitrogens with zero attached hydrogens (tertiary/aromatic N) is 1. The molecule has 0 aliphatic carbocycles. The fraction of sp³-hybridized carbons (Fsp3) is 0.200. The van der Waals surface area contributed by atoms with Crippen molar-refractivity contribution in [2.45, 2.75) is 12.2 Å². The Morgan fingerprint density at radius 1 is 1.27 bits per heavy atom. The van der Waals surface area contributed by atoms with Crippen molar-refractivity contribution in [1.82, 2.24) is 0 Å². The van der Waals surface area contributed by atoms with Crippen LogP contribution in [-0.2, 0) is 15.7 Å². The maximum atomic E-state index is 13.7. The van der Waals surface area contributed by atoms with Crippen LogP contribution in [0.25, 0.3) is 0 Å². The van der Waals surface area contributed by atoms with Crippen LogP contribution in [0.2, 0.25) is 0 Å². The van der Waals surface area contributed by atoms with Gasteiger partial charge >= 0.3 is 12.1 Å². The lowest BCUT2D eigenvalue weighted by atomic mass is 9.97. The molecule has 3 N–H and O–H groups in total. The van der Waals surface area contributed by atoms with Gasteiger partial charge in [0.2, 0.25) is 0 Å². The van der Waals surface area contributed by atoms with E-state index in [1.54, 1.807) is 12.1 Å². The van der Waals surface area contributed by atoms with E-state index in [9.17, 15) is 22.4 Å². The number of nitriles is 1. The van der Waals surface area contributed by atoms with E-state index in [1.807, 2.05) is 6.07 Å². The van der Waals surface area contributed by atoms with Crippen LogP contribution in [0, 0.1) is 17.1 Å². The zero-order valence-corrected chi connectivity index (χ0v) is 17.1. The Balaban J connectivity index is 2.53. The monoisotopic (exact) mass is 485 g/mol. The molecule has 1 unspecified atom stereocenters. The van der Waals surface area contributed by atoms with Gasteiger partial charge in [0, 0.05) is 16.7 Å². The fourth-order valence-corrected chi connectivity index (χ4v) is 3.09. The maximum Gasteiger partial charge on any atom is 0.416 e. The number of rotatable bonds is 6. The maximum absolute atomic E-state index is 13.7. The van der Waals surface area contributed by atoms with E-state index in [2.05, 4.69) is 21.2 Å². The molecule has 2 rings (SSSR count). The van der Waals surface area contributed by atoms with E-state index in [1.165, 1.54) is 12.1 Å². The minimum absolute atomic E-state index is 0.0146. The molecule has 0 saturated heterocycles. The van der Waals surface area contributed by atoms with Crippen LogP contribution in [0.3, 0.4) is 0 Å². The number of ether oxygens (including phenoxy) is 1. The third-order valence-corrected chi connectivity index (χ3v) is 4.66. The molecule has 0 radical (unpaired) electrons. The van der Waals surface area contributed by atoms with Crippen LogP contribution in [0.15, 0.2) is 53.7 Å². The first-order chi connectivity index (χ1) is 14.1. The van der Waals surface area contributed by atoms with E-state index in [0.717, 1.165) is 13.2 Å². The molecule has 2 aromatic carbocycles. The Morgan fingerprint density at radius 3 is 2.40 bits per heavy atom. The molecule has 0 bridgehead atoms. The van der Waals surface area contributed by atoms with Gasteiger partial charge in [-0.05, 0) is 35.9 Å². The largest absolute Gasteiger partial charge is 0.466 e. The van der Waals surface area contributed by atoms with Gasteiger partial charge in [-0.3, -0.25) is 0 Å². The van der Waals surface area contributed by atoms with Gasteiger partial charge in [0.15, 0.2) is 0 Å². The molecule has 0 aliphatic heterocycles. The minimum atomic E-state index is -4.75. The minimum Gasteiger partial charge on any atom is -0.466 e. The highest BCUT2D eigenvalue weighted by Crippen LogP contribution is 2.33. The van der Waals surface area contributed by atoms with Gasteiger partial charge in [0.25, 0.3) is 0 Å². The van der Waals surface area contributed by atoms with E-state index in [4.69, 9.17) is 15.7 Å². The number of carbonyl (C=O) groups is 1. The molecule has 10 heteroatoms.